The molecule has 1 fully saturated rings. The molecule has 0 spiro atoms. The molecule has 0 atom stereocenters. The number of terminal acetylenes is 1. The normalized spacial score (nSPS) is 16.6. The van der Waals surface area contributed by atoms with Gasteiger partial charge in [-0.3, -0.25) is 24.6 Å². The molecule has 0 bridgehead atoms. The minimum absolute atomic E-state index is 0.0170. The molecular formula is C36H33FN6O10S. The van der Waals surface area contributed by atoms with E-state index in [1.165, 1.54) is 35.2 Å². The van der Waals surface area contributed by atoms with Gasteiger partial charge in [0.25, 0.3) is 27.7 Å². The van der Waals surface area contributed by atoms with Crippen LogP contribution in [0.3, 0.4) is 0 Å². The molecule has 18 heteroatoms. The predicted molar refractivity (Wildman–Crippen MR) is 188 cm³/mol. The average molecular weight is 761 g/mol. The van der Waals surface area contributed by atoms with E-state index in [0.717, 1.165) is 23.8 Å². The zero-order chi connectivity index (χ0) is 38.7. The molecule has 2 aromatic carbocycles. The molecule has 16 nitrogen and oxygen atoms in total. The van der Waals surface area contributed by atoms with Crippen LogP contribution in [0.4, 0.5) is 26.5 Å². The minimum atomic E-state index is -4.35. The van der Waals surface area contributed by atoms with E-state index in [0.29, 0.717) is 35.4 Å². The number of nitrogens with one attached hydrogen (secondary N) is 2. The maximum absolute atomic E-state index is 14.7. The van der Waals surface area contributed by atoms with E-state index in [2.05, 4.69) is 21.2 Å². The van der Waals surface area contributed by atoms with Gasteiger partial charge in [-0.25, -0.2) is 42.0 Å². The van der Waals surface area contributed by atoms with Crippen molar-refractivity contribution >= 4 is 57.1 Å². The Bertz CT molecular complexity index is 2220. The van der Waals surface area contributed by atoms with Gasteiger partial charge in [-0.15, -0.1) is 6.42 Å². The number of anilines is 3. The van der Waals surface area contributed by atoms with Crippen molar-refractivity contribution in [3.8, 4) is 18.1 Å². The van der Waals surface area contributed by atoms with Crippen molar-refractivity contribution in [2.75, 3.05) is 41.5 Å². The molecule has 1 aromatic heterocycles. The number of carbonyl (C=O) groups excluding carboxylic acids is 5. The molecule has 3 aliphatic heterocycles. The second-order valence-corrected chi connectivity index (χ2v) is 14.1. The summed E-state index contributed by atoms with van der Waals surface area (Å²) in [5.74, 6) is -0.446. The first-order valence-corrected chi connectivity index (χ1v) is 18.1. The van der Waals surface area contributed by atoms with Crippen LogP contribution in [-0.4, -0.2) is 80.6 Å². The summed E-state index contributed by atoms with van der Waals surface area (Å²) >= 11 is 0. The highest BCUT2D eigenvalue weighted by Crippen LogP contribution is 2.41. The Kier molecular flexibility index (Phi) is 10.7. The molecular weight excluding hydrogens is 727 g/mol. The number of hydrogen-bond acceptors (Lipinski definition) is 12. The van der Waals surface area contributed by atoms with Crippen molar-refractivity contribution in [1.29, 1.82) is 0 Å². The molecule has 2 N–H and O–H groups in total. The number of carbonyl (C=O) groups is 5. The first-order valence-electron chi connectivity index (χ1n) is 16.6. The SMILES string of the molecule is C#CCN1C(=O)COc2cc(F)c(N3C(=O)C4=C(CCCC4)C3=O)cc21.Cc1cc(C)nc(NC(=O)NS(=O)(=O)c2ccccc2C(=O)OC2COC2)n1. The predicted octanol–water partition coefficient (Wildman–Crippen LogP) is 3.09. The van der Waals surface area contributed by atoms with Gasteiger partial charge in [-0.2, -0.15) is 0 Å². The number of esters is 1. The van der Waals surface area contributed by atoms with E-state index < -0.39 is 45.8 Å². The fourth-order valence-electron chi connectivity index (χ4n) is 6.06. The van der Waals surface area contributed by atoms with E-state index in [1.54, 1.807) is 19.9 Å². The molecule has 0 unspecified atom stereocenters. The summed E-state index contributed by atoms with van der Waals surface area (Å²) in [6, 6.07) is 8.46. The third-order valence-corrected chi connectivity index (χ3v) is 9.95. The number of halogens is 1. The Labute approximate surface area is 308 Å². The Hall–Kier alpha value is -6.19. The molecule has 1 saturated heterocycles. The van der Waals surface area contributed by atoms with Gasteiger partial charge in [0.15, 0.2) is 12.4 Å². The van der Waals surface area contributed by atoms with E-state index in [9.17, 15) is 36.8 Å². The van der Waals surface area contributed by atoms with Crippen LogP contribution in [0.2, 0.25) is 0 Å². The lowest BCUT2D eigenvalue weighted by Gasteiger charge is -2.29. The first-order chi connectivity index (χ1) is 25.8. The van der Waals surface area contributed by atoms with E-state index in [1.807, 2.05) is 4.72 Å². The van der Waals surface area contributed by atoms with Crippen LogP contribution in [-0.2, 0) is 33.9 Å². The summed E-state index contributed by atoms with van der Waals surface area (Å²) in [5, 5.41) is 2.26. The van der Waals surface area contributed by atoms with Crippen LogP contribution in [0.5, 0.6) is 5.75 Å². The average Bonchev–Trinajstić information content (AvgIpc) is 3.36. The number of urea groups is 1. The van der Waals surface area contributed by atoms with E-state index in [4.69, 9.17) is 20.6 Å². The van der Waals surface area contributed by atoms with Crippen molar-refractivity contribution in [2.45, 2.75) is 50.5 Å². The summed E-state index contributed by atoms with van der Waals surface area (Å²) in [5.41, 5.74) is 2.03. The molecule has 4 heterocycles. The molecule has 0 saturated carbocycles. The summed E-state index contributed by atoms with van der Waals surface area (Å²) < 4.78 is 57.1. The van der Waals surface area contributed by atoms with Crippen LogP contribution in [0.25, 0.3) is 0 Å². The first kappa shape index (κ1) is 37.6. The molecule has 7 rings (SSSR count). The van der Waals surface area contributed by atoms with Crippen molar-refractivity contribution in [1.82, 2.24) is 14.7 Å². The maximum Gasteiger partial charge on any atom is 0.339 e. The number of rotatable bonds is 7. The second kappa shape index (κ2) is 15.4. The number of imide groups is 1. The molecule has 5 amide bonds. The molecule has 1 aliphatic carbocycles. The van der Waals surface area contributed by atoms with Crippen molar-refractivity contribution in [3.63, 3.8) is 0 Å². The summed E-state index contributed by atoms with van der Waals surface area (Å²) in [4.78, 5) is 71.6. The quantitative estimate of drug-likeness (QED) is 0.203. The third kappa shape index (κ3) is 7.77. The van der Waals surface area contributed by atoms with Gasteiger partial charge in [0.1, 0.15) is 16.7 Å². The van der Waals surface area contributed by atoms with Gasteiger partial charge in [0.2, 0.25) is 5.95 Å². The summed E-state index contributed by atoms with van der Waals surface area (Å²) in [6.07, 6.45) is 7.60. The van der Waals surface area contributed by atoms with Gasteiger partial charge in [-0.05, 0) is 63.8 Å². The molecule has 280 valence electrons. The largest absolute Gasteiger partial charge is 0.481 e. The molecule has 3 aromatic rings. The van der Waals surface area contributed by atoms with E-state index in [-0.39, 0.29) is 65.8 Å². The zero-order valence-corrected chi connectivity index (χ0v) is 29.8. The van der Waals surface area contributed by atoms with Crippen molar-refractivity contribution in [3.05, 3.63) is 76.4 Å². The Morgan fingerprint density at radius 2 is 1.65 bits per heavy atom. The fourth-order valence-corrected chi connectivity index (χ4v) is 7.16. The summed E-state index contributed by atoms with van der Waals surface area (Å²) in [7, 11) is -4.35. The van der Waals surface area contributed by atoms with Gasteiger partial charge in [-0.1, -0.05) is 18.1 Å². The van der Waals surface area contributed by atoms with Gasteiger partial charge in [0.05, 0.1) is 36.7 Å². The highest BCUT2D eigenvalue weighted by atomic mass is 32.2. The smallest absolute Gasteiger partial charge is 0.339 e. The topological polar surface area (TPSA) is 203 Å². The second-order valence-electron chi connectivity index (χ2n) is 12.4. The lowest BCUT2D eigenvalue weighted by molar-refractivity contribution is -0.121. The van der Waals surface area contributed by atoms with Crippen LogP contribution in [0.15, 0.2) is 58.5 Å². The number of amides is 5. The Balaban J connectivity index is 0.000000185. The minimum Gasteiger partial charge on any atom is -0.481 e. The number of hydrogen-bond donors (Lipinski definition) is 2. The number of nitrogens with zero attached hydrogens (tertiary/aromatic N) is 4. The van der Waals surface area contributed by atoms with Gasteiger partial charge in [0, 0.05) is 28.6 Å². The Morgan fingerprint density at radius 1 is 1.00 bits per heavy atom. The van der Waals surface area contributed by atoms with E-state index >= 15 is 0 Å². The number of benzene rings is 2. The van der Waals surface area contributed by atoms with Crippen LogP contribution < -0.4 is 24.6 Å². The van der Waals surface area contributed by atoms with Crippen LogP contribution >= 0.6 is 0 Å². The highest BCUT2D eigenvalue weighted by molar-refractivity contribution is 7.90. The van der Waals surface area contributed by atoms with Crippen LogP contribution in [0.1, 0.15) is 47.4 Å². The maximum atomic E-state index is 14.7. The lowest BCUT2D eigenvalue weighted by Crippen LogP contribution is -2.39. The van der Waals surface area contributed by atoms with Crippen molar-refractivity contribution in [2.24, 2.45) is 0 Å². The van der Waals surface area contributed by atoms with Crippen LogP contribution in [0, 0.1) is 32.0 Å². The summed E-state index contributed by atoms with van der Waals surface area (Å²) in [6.45, 7) is 3.68. The fraction of sp³-hybridized carbons (Fsp3) is 0.306. The lowest BCUT2D eigenvalue weighted by atomic mass is 9.93. The molecule has 54 heavy (non-hydrogen) atoms. The third-order valence-electron chi connectivity index (χ3n) is 8.56. The number of ether oxygens (including phenoxy) is 3. The van der Waals surface area contributed by atoms with Gasteiger partial charge >= 0.3 is 12.0 Å². The Morgan fingerprint density at radius 3 is 2.26 bits per heavy atom. The molecule has 4 aliphatic rings. The molecule has 0 radical (unpaired) electrons. The number of sulfonamides is 1. The zero-order valence-electron chi connectivity index (χ0n) is 29.0. The number of aryl methyl sites for hydroxylation is 2. The standard InChI is InChI=1S/C19H15FN2O4.C17H18N4O6S/c1-2-7-21-15-9-14(13(20)8-16(15)26-10-17(21)23)22-18(24)11-5-3-4-6-12(11)19(22)25;1-10-7-11(2)19-16(18-10)20-17(23)21-28(24,25)14-6-4-3-5-13(14)15(22)27-12-8-26-9-12/h1,8-9H,3-7,10H2;3-7,12H,8-9H2,1-2H3,(H2,18,19,20,21,23). The number of aromatic nitrogens is 2. The highest BCUT2D eigenvalue weighted by Gasteiger charge is 2.42. The van der Waals surface area contributed by atoms with Crippen molar-refractivity contribution < 1.29 is 51.0 Å². The van der Waals surface area contributed by atoms with Gasteiger partial charge < -0.3 is 14.2 Å². The monoisotopic (exact) mass is 760 g/mol. The number of fused-ring (bicyclic) bond motifs is 1.